The van der Waals surface area contributed by atoms with E-state index in [0.717, 1.165) is 35.4 Å². The van der Waals surface area contributed by atoms with E-state index < -0.39 is 0 Å². The molecule has 2 heterocycles. The summed E-state index contributed by atoms with van der Waals surface area (Å²) < 4.78 is 0. The summed E-state index contributed by atoms with van der Waals surface area (Å²) >= 11 is 0. The number of nitrogens with one attached hydrogen (secondary N) is 1. The summed E-state index contributed by atoms with van der Waals surface area (Å²) in [4.78, 5) is 19.0. The number of rotatable bonds is 5. The third kappa shape index (κ3) is 11.0. The molecule has 2 aliphatic rings. The Bertz CT molecular complexity index is 1640. The lowest BCUT2D eigenvalue weighted by atomic mass is 9.95. The Hall–Kier alpha value is -4.02. The molecule has 2 N–H and O–H groups in total. The molecule has 0 amide bonds. The average molecular weight is 649 g/mol. The second-order valence-electron chi connectivity index (χ2n) is 13.8. The van der Waals surface area contributed by atoms with Gasteiger partial charge in [-0.15, -0.1) is 0 Å². The molecule has 4 nitrogen and oxygen atoms in total. The number of nitrogens with zero attached hydrogens (tertiary/aromatic N) is 1. The fraction of sp³-hybridized carbons (Fsp3) is 0.409. The maximum atomic E-state index is 11.6. The molecule has 4 heteroatoms. The third-order valence-corrected chi connectivity index (χ3v) is 8.68. The monoisotopic (exact) mass is 648 g/mol. The quantitative estimate of drug-likeness (QED) is 0.226. The Kier molecular flexibility index (Phi) is 16.0. The minimum Gasteiger partial charge on any atom is -0.392 e. The van der Waals surface area contributed by atoms with Gasteiger partial charge in [0.15, 0.2) is 5.43 Å². The van der Waals surface area contributed by atoms with Crippen LogP contribution in [0.5, 0.6) is 0 Å². The fourth-order valence-corrected chi connectivity index (χ4v) is 5.76. The highest BCUT2D eigenvalue weighted by atomic mass is 16.3. The van der Waals surface area contributed by atoms with Crippen LogP contribution in [0.15, 0.2) is 90.0 Å². The lowest BCUT2D eigenvalue weighted by Gasteiger charge is -2.12. The lowest BCUT2D eigenvalue weighted by molar-refractivity contribution is 0.281. The smallest absolute Gasteiger partial charge is 0.189 e. The molecule has 0 unspecified atom stereocenters. The number of aryl methyl sites for hydroxylation is 2. The summed E-state index contributed by atoms with van der Waals surface area (Å²) in [6.45, 7) is 21.8. The number of fused-ring (bicyclic) bond motifs is 2. The molecule has 2 aromatic heterocycles. The molecule has 0 spiro atoms. The zero-order valence-corrected chi connectivity index (χ0v) is 30.3. The fourth-order valence-electron chi connectivity index (χ4n) is 5.76. The molecular weight excluding hydrogens is 588 g/mol. The molecule has 2 aromatic carbocycles. The van der Waals surface area contributed by atoms with Crippen molar-refractivity contribution >= 4 is 11.1 Å². The van der Waals surface area contributed by atoms with Crippen molar-refractivity contribution in [3.63, 3.8) is 0 Å². The number of aliphatic hydroxyl groups is 1. The van der Waals surface area contributed by atoms with Gasteiger partial charge in [-0.25, -0.2) is 0 Å². The molecule has 0 saturated carbocycles. The Morgan fingerprint density at radius 1 is 0.667 bits per heavy atom. The highest BCUT2D eigenvalue weighted by Gasteiger charge is 2.21. The van der Waals surface area contributed by atoms with Gasteiger partial charge in [-0.2, -0.15) is 0 Å². The van der Waals surface area contributed by atoms with E-state index >= 15 is 0 Å². The predicted octanol–water partition coefficient (Wildman–Crippen LogP) is 11.0. The minimum atomic E-state index is 0. The maximum Gasteiger partial charge on any atom is 0.189 e. The average Bonchev–Trinajstić information content (AvgIpc) is 3.69. The SMILES string of the molecule is C.CC(C)C1=CCc2[nH]ccc(=O)c21.CC(C)C1=CCc2nccc(CO)c21.Cc1ccc(C(C)C)cc1.Cc1ccc(C(C)C)cc1. The van der Waals surface area contributed by atoms with Crippen LogP contribution in [0, 0.1) is 25.7 Å². The molecular formula is C44H60N2O2. The van der Waals surface area contributed by atoms with Crippen molar-refractivity contribution in [3.05, 3.63) is 146 Å². The molecule has 0 atom stereocenters. The Morgan fingerprint density at radius 3 is 1.60 bits per heavy atom. The van der Waals surface area contributed by atoms with Crippen molar-refractivity contribution in [1.29, 1.82) is 0 Å². The number of aromatic nitrogens is 2. The second-order valence-corrected chi connectivity index (χ2v) is 13.8. The third-order valence-electron chi connectivity index (χ3n) is 8.68. The summed E-state index contributed by atoms with van der Waals surface area (Å²) in [6, 6.07) is 20.9. The first-order valence-electron chi connectivity index (χ1n) is 17.2. The first-order valence-corrected chi connectivity index (χ1v) is 17.2. The first-order chi connectivity index (χ1) is 22.3. The zero-order valence-electron chi connectivity index (χ0n) is 30.3. The summed E-state index contributed by atoms with van der Waals surface area (Å²) in [6.07, 6.45) is 9.66. The number of pyridine rings is 2. The Morgan fingerprint density at radius 2 is 1.15 bits per heavy atom. The van der Waals surface area contributed by atoms with Crippen LogP contribution in [0.25, 0.3) is 11.1 Å². The molecule has 4 aromatic rings. The van der Waals surface area contributed by atoms with Crippen LogP contribution in [-0.4, -0.2) is 15.1 Å². The number of allylic oxidation sites excluding steroid dienone is 4. The van der Waals surface area contributed by atoms with Crippen molar-refractivity contribution < 1.29 is 5.11 Å². The number of H-pyrrole nitrogens is 1. The number of aliphatic hydroxyl groups excluding tert-OH is 1. The van der Waals surface area contributed by atoms with Crippen LogP contribution in [0.4, 0.5) is 0 Å². The van der Waals surface area contributed by atoms with Crippen LogP contribution >= 0.6 is 0 Å². The zero-order chi connectivity index (χ0) is 34.7. The van der Waals surface area contributed by atoms with Gasteiger partial charge in [0.25, 0.3) is 0 Å². The van der Waals surface area contributed by atoms with Gasteiger partial charge in [0.1, 0.15) is 0 Å². The molecule has 258 valence electrons. The van der Waals surface area contributed by atoms with Crippen LogP contribution in [0.2, 0.25) is 0 Å². The summed E-state index contributed by atoms with van der Waals surface area (Å²) in [5.74, 6) is 2.25. The molecule has 6 rings (SSSR count). The van der Waals surface area contributed by atoms with Crippen molar-refractivity contribution in [1.82, 2.24) is 9.97 Å². The highest BCUT2D eigenvalue weighted by molar-refractivity contribution is 5.75. The van der Waals surface area contributed by atoms with Crippen LogP contribution in [0.1, 0.15) is 125 Å². The van der Waals surface area contributed by atoms with Crippen molar-refractivity contribution in [3.8, 4) is 0 Å². The van der Waals surface area contributed by atoms with Crippen molar-refractivity contribution in [2.75, 3.05) is 0 Å². The molecule has 0 bridgehead atoms. The van der Waals surface area contributed by atoms with E-state index in [1.54, 1.807) is 18.5 Å². The molecule has 0 radical (unpaired) electrons. The Balaban J connectivity index is 0.000000223. The van der Waals surface area contributed by atoms with Gasteiger partial charge < -0.3 is 10.1 Å². The van der Waals surface area contributed by atoms with Gasteiger partial charge in [0.05, 0.1) is 12.3 Å². The summed E-state index contributed by atoms with van der Waals surface area (Å²) in [5, 5.41) is 9.25. The van der Waals surface area contributed by atoms with E-state index in [-0.39, 0.29) is 19.5 Å². The minimum absolute atomic E-state index is 0. The van der Waals surface area contributed by atoms with E-state index in [0.29, 0.717) is 23.7 Å². The Labute approximate surface area is 291 Å². The number of aromatic amines is 1. The van der Waals surface area contributed by atoms with Crippen LogP contribution in [-0.2, 0) is 19.4 Å². The standard InChI is InChI=1S/C12H15NO.C11H13NO.2C10H14.CH4/c1-8(2)10-3-4-11-12(10)9(7-14)5-6-13-11;1-7(2)8-3-4-9-11(8)10(13)5-6-12-9;2*1-8(2)10-6-4-9(3)5-7-10;/h3,5-6,8,14H,4,7H2,1-2H3;3,5-7H,4H2,1-2H3,(H,12,13);2*4-8H,1-3H3;1H4. The van der Waals surface area contributed by atoms with E-state index in [1.165, 1.54) is 39.0 Å². The largest absolute Gasteiger partial charge is 0.392 e. The van der Waals surface area contributed by atoms with E-state index in [4.69, 9.17) is 0 Å². The van der Waals surface area contributed by atoms with Crippen LogP contribution in [0.3, 0.4) is 0 Å². The number of benzene rings is 2. The normalized spacial score (nSPS) is 12.5. The predicted molar refractivity (Wildman–Crippen MR) is 208 cm³/mol. The molecule has 0 fully saturated rings. The highest BCUT2D eigenvalue weighted by Crippen LogP contribution is 2.34. The maximum absolute atomic E-state index is 11.6. The van der Waals surface area contributed by atoms with Crippen molar-refractivity contribution in [2.24, 2.45) is 11.8 Å². The van der Waals surface area contributed by atoms with Gasteiger partial charge in [0, 0.05) is 48.1 Å². The molecule has 48 heavy (non-hydrogen) atoms. The molecule has 2 aliphatic carbocycles. The van der Waals surface area contributed by atoms with Gasteiger partial charge in [0.2, 0.25) is 0 Å². The lowest BCUT2D eigenvalue weighted by Crippen LogP contribution is -2.10. The van der Waals surface area contributed by atoms with E-state index in [9.17, 15) is 9.90 Å². The van der Waals surface area contributed by atoms with Gasteiger partial charge in [-0.3, -0.25) is 9.78 Å². The first kappa shape index (κ1) is 40.2. The topological polar surface area (TPSA) is 66.0 Å². The van der Waals surface area contributed by atoms with Gasteiger partial charge >= 0.3 is 0 Å². The van der Waals surface area contributed by atoms with Gasteiger partial charge in [-0.05, 0) is 71.4 Å². The van der Waals surface area contributed by atoms with Crippen molar-refractivity contribution in [2.45, 2.75) is 108 Å². The van der Waals surface area contributed by atoms with E-state index in [2.05, 4.69) is 140 Å². The molecule has 0 saturated heterocycles. The second kappa shape index (κ2) is 19.1. The van der Waals surface area contributed by atoms with E-state index in [1.807, 2.05) is 6.07 Å². The summed E-state index contributed by atoms with van der Waals surface area (Å²) in [7, 11) is 0. The number of hydrogen-bond acceptors (Lipinski definition) is 3. The number of hydrogen-bond donors (Lipinski definition) is 2. The van der Waals surface area contributed by atoms with Gasteiger partial charge in [-0.1, -0.05) is 135 Å². The summed E-state index contributed by atoms with van der Waals surface area (Å²) in [5.41, 5.74) is 13.5. The molecule has 0 aliphatic heterocycles. The van der Waals surface area contributed by atoms with Crippen LogP contribution < -0.4 is 5.43 Å².